The molecule has 0 aliphatic carbocycles. The third-order valence-electron chi connectivity index (χ3n) is 1.89. The van der Waals surface area contributed by atoms with Crippen molar-refractivity contribution in [1.29, 1.82) is 0 Å². The molecule has 0 saturated carbocycles. The molecule has 0 aromatic heterocycles. The molecule has 3 nitrogen and oxygen atoms in total. The molecule has 1 N–H and O–H groups in total. The average Bonchev–Trinajstić information content (AvgIpc) is 2.32. The van der Waals surface area contributed by atoms with Crippen molar-refractivity contribution in [3.05, 3.63) is 29.6 Å². The standard InChI is InChI=1S/C8H6FNO2/c9-6-2-1-3-7-5(6)4-8(11)10(7)12/h1-3,12H,4H2. The molecular weight excluding hydrogens is 161 g/mol. The molecule has 1 amide bonds. The van der Waals surface area contributed by atoms with Crippen LogP contribution >= 0.6 is 0 Å². The fourth-order valence-electron chi connectivity index (χ4n) is 1.28. The van der Waals surface area contributed by atoms with Crippen LogP contribution in [0.15, 0.2) is 18.2 Å². The molecule has 1 aliphatic heterocycles. The van der Waals surface area contributed by atoms with E-state index in [-0.39, 0.29) is 17.7 Å². The Labute approximate surface area is 68.0 Å². The number of benzene rings is 1. The summed E-state index contributed by atoms with van der Waals surface area (Å²) in [6.45, 7) is 0. The molecule has 12 heavy (non-hydrogen) atoms. The van der Waals surface area contributed by atoms with Crippen LogP contribution in [0.3, 0.4) is 0 Å². The van der Waals surface area contributed by atoms with Gasteiger partial charge in [0, 0.05) is 5.56 Å². The molecular formula is C8H6FNO2. The first-order chi connectivity index (χ1) is 5.70. The summed E-state index contributed by atoms with van der Waals surface area (Å²) in [7, 11) is 0. The number of fused-ring (bicyclic) bond motifs is 1. The number of rotatable bonds is 0. The van der Waals surface area contributed by atoms with Crippen LogP contribution in [-0.4, -0.2) is 11.1 Å². The zero-order chi connectivity index (χ0) is 8.72. The van der Waals surface area contributed by atoms with E-state index in [9.17, 15) is 9.18 Å². The molecule has 0 saturated heterocycles. The van der Waals surface area contributed by atoms with Crippen LogP contribution in [0.4, 0.5) is 10.1 Å². The fourth-order valence-corrected chi connectivity index (χ4v) is 1.28. The van der Waals surface area contributed by atoms with Crippen molar-refractivity contribution >= 4 is 11.6 Å². The van der Waals surface area contributed by atoms with E-state index in [1.165, 1.54) is 18.2 Å². The van der Waals surface area contributed by atoms with Crippen LogP contribution < -0.4 is 5.06 Å². The highest BCUT2D eigenvalue weighted by molar-refractivity contribution is 5.99. The molecule has 62 valence electrons. The number of halogens is 1. The topological polar surface area (TPSA) is 40.5 Å². The molecule has 1 aromatic rings. The van der Waals surface area contributed by atoms with Crippen molar-refractivity contribution in [1.82, 2.24) is 0 Å². The smallest absolute Gasteiger partial charge is 0.255 e. The predicted molar refractivity (Wildman–Crippen MR) is 39.4 cm³/mol. The van der Waals surface area contributed by atoms with Crippen LogP contribution in [0.25, 0.3) is 0 Å². The van der Waals surface area contributed by atoms with Gasteiger partial charge in [0.25, 0.3) is 5.91 Å². The minimum absolute atomic E-state index is 0.0570. The zero-order valence-corrected chi connectivity index (χ0v) is 6.12. The maximum Gasteiger partial charge on any atom is 0.255 e. The van der Waals surface area contributed by atoms with Gasteiger partial charge in [0.1, 0.15) is 5.82 Å². The minimum atomic E-state index is -0.491. The van der Waals surface area contributed by atoms with Gasteiger partial charge in [-0.15, -0.1) is 0 Å². The maximum absolute atomic E-state index is 12.9. The van der Waals surface area contributed by atoms with Crippen LogP contribution in [0.2, 0.25) is 0 Å². The second-order valence-electron chi connectivity index (χ2n) is 2.62. The third kappa shape index (κ3) is 0.816. The zero-order valence-electron chi connectivity index (χ0n) is 6.12. The van der Waals surface area contributed by atoms with Gasteiger partial charge in [-0.25, -0.2) is 4.39 Å². The van der Waals surface area contributed by atoms with E-state index >= 15 is 0 Å². The van der Waals surface area contributed by atoms with Crippen molar-refractivity contribution in [3.63, 3.8) is 0 Å². The number of hydrogen-bond donors (Lipinski definition) is 1. The lowest BCUT2D eigenvalue weighted by molar-refractivity contribution is -0.122. The lowest BCUT2D eigenvalue weighted by Crippen LogP contribution is -2.21. The first kappa shape index (κ1) is 7.24. The summed E-state index contributed by atoms with van der Waals surface area (Å²) >= 11 is 0. The predicted octanol–water partition coefficient (Wildman–Crippen LogP) is 1.10. The third-order valence-corrected chi connectivity index (χ3v) is 1.89. The van der Waals surface area contributed by atoms with Crippen LogP contribution in [0.5, 0.6) is 0 Å². The molecule has 1 heterocycles. The van der Waals surface area contributed by atoms with Gasteiger partial charge in [-0.05, 0) is 12.1 Å². The van der Waals surface area contributed by atoms with Gasteiger partial charge in [-0.2, -0.15) is 5.06 Å². The van der Waals surface area contributed by atoms with Gasteiger partial charge < -0.3 is 0 Å². The van der Waals surface area contributed by atoms with E-state index in [0.29, 0.717) is 5.06 Å². The molecule has 0 bridgehead atoms. The maximum atomic E-state index is 12.9. The van der Waals surface area contributed by atoms with Gasteiger partial charge in [0.05, 0.1) is 12.1 Å². The normalized spacial score (nSPS) is 15.2. The van der Waals surface area contributed by atoms with E-state index in [2.05, 4.69) is 0 Å². The molecule has 0 spiro atoms. The highest BCUT2D eigenvalue weighted by Crippen LogP contribution is 2.28. The quantitative estimate of drug-likeness (QED) is 0.588. The van der Waals surface area contributed by atoms with Crippen molar-refractivity contribution < 1.29 is 14.4 Å². The number of anilines is 1. The summed E-state index contributed by atoms with van der Waals surface area (Å²) < 4.78 is 12.9. The highest BCUT2D eigenvalue weighted by Gasteiger charge is 2.28. The van der Waals surface area contributed by atoms with Crippen molar-refractivity contribution in [2.75, 3.05) is 5.06 Å². The van der Waals surface area contributed by atoms with Crippen LogP contribution in [-0.2, 0) is 11.2 Å². The Morgan fingerprint density at radius 3 is 2.92 bits per heavy atom. The van der Waals surface area contributed by atoms with Gasteiger partial charge in [0.15, 0.2) is 0 Å². The number of nitrogens with zero attached hydrogens (tertiary/aromatic N) is 1. The molecule has 0 radical (unpaired) electrons. The fraction of sp³-hybridized carbons (Fsp3) is 0.125. The summed E-state index contributed by atoms with van der Waals surface area (Å²) in [6, 6.07) is 4.23. The molecule has 4 heteroatoms. The van der Waals surface area contributed by atoms with Crippen molar-refractivity contribution in [2.45, 2.75) is 6.42 Å². The summed E-state index contributed by atoms with van der Waals surface area (Å²) in [5, 5.41) is 9.58. The Morgan fingerprint density at radius 2 is 2.25 bits per heavy atom. The van der Waals surface area contributed by atoms with Gasteiger partial charge in [0.2, 0.25) is 0 Å². The highest BCUT2D eigenvalue weighted by atomic mass is 19.1. The molecule has 0 atom stereocenters. The summed E-state index contributed by atoms with van der Waals surface area (Å²) in [6.07, 6.45) is -0.0570. The minimum Gasteiger partial charge on any atom is -0.281 e. The Hall–Kier alpha value is -1.42. The first-order valence-corrected chi connectivity index (χ1v) is 3.49. The van der Waals surface area contributed by atoms with Gasteiger partial charge >= 0.3 is 0 Å². The molecule has 2 rings (SSSR count). The van der Waals surface area contributed by atoms with Crippen LogP contribution in [0, 0.1) is 5.82 Å². The number of hydrogen-bond acceptors (Lipinski definition) is 2. The summed E-state index contributed by atoms with van der Waals surface area (Å²) in [5.74, 6) is -0.937. The van der Waals surface area contributed by atoms with E-state index in [4.69, 9.17) is 5.21 Å². The summed E-state index contributed by atoms with van der Waals surface area (Å²) in [5.41, 5.74) is 0.519. The molecule has 0 unspecified atom stereocenters. The largest absolute Gasteiger partial charge is 0.281 e. The van der Waals surface area contributed by atoms with E-state index in [0.717, 1.165) is 0 Å². The SMILES string of the molecule is O=C1Cc2c(F)cccc2N1O. The Kier molecular flexibility index (Phi) is 1.38. The molecule has 0 fully saturated rings. The Morgan fingerprint density at radius 1 is 1.50 bits per heavy atom. The number of carbonyl (C=O) groups excluding carboxylic acids is 1. The molecule has 1 aromatic carbocycles. The average molecular weight is 167 g/mol. The second-order valence-corrected chi connectivity index (χ2v) is 2.62. The van der Waals surface area contributed by atoms with E-state index in [1.807, 2.05) is 0 Å². The first-order valence-electron chi connectivity index (χ1n) is 3.49. The Bertz CT molecular complexity index is 351. The van der Waals surface area contributed by atoms with Gasteiger partial charge in [-0.1, -0.05) is 6.07 Å². The Balaban J connectivity index is 2.60. The number of hydroxylamine groups is 1. The van der Waals surface area contributed by atoms with Crippen LogP contribution in [0.1, 0.15) is 5.56 Å². The van der Waals surface area contributed by atoms with Gasteiger partial charge in [-0.3, -0.25) is 10.0 Å². The monoisotopic (exact) mass is 167 g/mol. The molecule has 1 aliphatic rings. The number of amides is 1. The van der Waals surface area contributed by atoms with Crippen molar-refractivity contribution in [2.24, 2.45) is 0 Å². The number of carbonyl (C=O) groups is 1. The summed E-state index contributed by atoms with van der Waals surface area (Å²) in [4.78, 5) is 10.9. The van der Waals surface area contributed by atoms with E-state index in [1.54, 1.807) is 0 Å². The lowest BCUT2D eigenvalue weighted by Gasteiger charge is -2.06. The van der Waals surface area contributed by atoms with Crippen molar-refractivity contribution in [3.8, 4) is 0 Å². The van der Waals surface area contributed by atoms with E-state index < -0.39 is 11.7 Å². The second kappa shape index (κ2) is 2.28. The lowest BCUT2D eigenvalue weighted by atomic mass is 10.1.